The van der Waals surface area contributed by atoms with Crippen molar-refractivity contribution in [3.8, 4) is 0 Å². The van der Waals surface area contributed by atoms with Crippen LogP contribution >= 0.6 is 0 Å². The summed E-state index contributed by atoms with van der Waals surface area (Å²) >= 11 is 0. The molecule has 2 heteroatoms. The van der Waals surface area contributed by atoms with Crippen LogP contribution in [0.4, 0.5) is 0 Å². The van der Waals surface area contributed by atoms with Crippen molar-refractivity contribution in [3.05, 3.63) is 41.0 Å². The van der Waals surface area contributed by atoms with E-state index in [-0.39, 0.29) is 29.6 Å². The summed E-state index contributed by atoms with van der Waals surface area (Å²) in [7, 11) is 1.24. The molecule has 0 aliphatic heterocycles. The second kappa shape index (κ2) is 3.92. The van der Waals surface area contributed by atoms with Gasteiger partial charge in [-0.25, -0.2) is 0 Å². The van der Waals surface area contributed by atoms with Crippen LogP contribution in [0.5, 0.6) is 0 Å². The Morgan fingerprint density at radius 1 is 1.33 bits per heavy atom. The van der Waals surface area contributed by atoms with Crippen molar-refractivity contribution in [3.63, 3.8) is 0 Å². The Balaban J connectivity index is 0.000000720. The molecule has 0 bridgehead atoms. The Kier molecular flexibility index (Phi) is 3.35. The molecule has 1 aliphatic carbocycles. The molecule has 0 heterocycles. The van der Waals surface area contributed by atoms with Crippen molar-refractivity contribution >= 4 is 45.9 Å². The van der Waals surface area contributed by atoms with Crippen LogP contribution in [-0.2, 0) is 0 Å². The zero-order valence-electron chi connectivity index (χ0n) is 6.96. The number of rotatable bonds is 0. The monoisotopic (exact) mass is 184 g/mol. The third-order valence-corrected chi connectivity index (χ3v) is 3.41. The van der Waals surface area contributed by atoms with Crippen LogP contribution in [0.3, 0.4) is 0 Å². The minimum atomic E-state index is 0. The van der Waals surface area contributed by atoms with E-state index in [1.807, 2.05) is 0 Å². The van der Waals surface area contributed by atoms with E-state index in [0.29, 0.717) is 0 Å². The molecule has 0 N–H and O–H groups in total. The van der Waals surface area contributed by atoms with Gasteiger partial charge in [-0.1, -0.05) is 30.4 Å². The quantitative estimate of drug-likeness (QED) is 0.523. The maximum atomic E-state index is 2.32. The van der Waals surface area contributed by atoms with E-state index in [4.69, 9.17) is 0 Å². The molecule has 1 unspecified atom stereocenters. The van der Waals surface area contributed by atoms with Crippen molar-refractivity contribution in [2.75, 3.05) is 0 Å². The maximum absolute atomic E-state index is 2.32. The van der Waals surface area contributed by atoms with E-state index < -0.39 is 0 Å². The van der Waals surface area contributed by atoms with Gasteiger partial charge in [0.15, 0.2) is 0 Å². The van der Waals surface area contributed by atoms with E-state index in [1.54, 1.807) is 0 Å². The van der Waals surface area contributed by atoms with Gasteiger partial charge in [-0.05, 0) is 29.2 Å². The molecule has 0 spiro atoms. The summed E-state index contributed by atoms with van der Waals surface area (Å²) < 4.78 is 0. The van der Waals surface area contributed by atoms with Crippen LogP contribution in [0.2, 0.25) is 0 Å². The van der Waals surface area contributed by atoms with Gasteiger partial charge in [-0.3, -0.25) is 0 Å². The van der Waals surface area contributed by atoms with Crippen LogP contribution in [0, 0.1) is 6.92 Å². The molecule has 0 radical (unpaired) electrons. The van der Waals surface area contributed by atoms with Gasteiger partial charge in [0.2, 0.25) is 0 Å². The number of fused-ring (bicyclic) bond motifs is 1. The van der Waals surface area contributed by atoms with Crippen molar-refractivity contribution in [1.29, 1.82) is 0 Å². The normalized spacial score (nSPS) is 18.9. The van der Waals surface area contributed by atoms with Gasteiger partial charge in [0.25, 0.3) is 0 Å². The molecule has 1 atom stereocenters. The molecule has 0 nitrogen and oxygen atoms in total. The number of hydrogen-bond donors (Lipinski definition) is 0. The first-order valence-electron chi connectivity index (χ1n) is 4.07. The fourth-order valence-electron chi connectivity index (χ4n) is 1.67. The van der Waals surface area contributed by atoms with Crippen LogP contribution in [0.25, 0.3) is 6.08 Å². The summed E-state index contributed by atoms with van der Waals surface area (Å²) in [4.78, 5) is 0. The molecule has 0 amide bonds. The van der Waals surface area contributed by atoms with Gasteiger partial charge in [0.05, 0.1) is 0 Å². The Morgan fingerprint density at radius 3 is 2.75 bits per heavy atom. The second-order valence-corrected chi connectivity index (χ2v) is 4.47. The van der Waals surface area contributed by atoms with Gasteiger partial charge in [0.1, 0.15) is 0 Å². The van der Waals surface area contributed by atoms with Crippen molar-refractivity contribution in [2.45, 2.75) is 12.5 Å². The first-order valence-corrected chi connectivity index (χ1v) is 5.22. The standard InChI is InChI=1S/C10H12Si.Na.H/c1-7-3-2-4-9-8(7)5-6-10(9)11;;/h2-6,10H,1,11H3;;. The Bertz CT molecular complexity index is 318. The summed E-state index contributed by atoms with van der Waals surface area (Å²) in [5, 5.41) is 0. The Morgan fingerprint density at radius 2 is 2.08 bits per heavy atom. The third-order valence-electron chi connectivity index (χ3n) is 2.40. The molecular weight excluding hydrogens is 171 g/mol. The molecule has 12 heavy (non-hydrogen) atoms. The average Bonchev–Trinajstić information content (AvgIpc) is 2.35. The predicted molar refractivity (Wildman–Crippen MR) is 60.0 cm³/mol. The number of allylic oxidation sites excluding steroid dienone is 1. The van der Waals surface area contributed by atoms with Gasteiger partial charge in [-0.15, -0.1) is 0 Å². The van der Waals surface area contributed by atoms with E-state index in [0.717, 1.165) is 5.54 Å². The molecule has 2 rings (SSSR count). The summed E-state index contributed by atoms with van der Waals surface area (Å²) in [5.74, 6) is 0. The van der Waals surface area contributed by atoms with E-state index in [2.05, 4.69) is 37.3 Å². The fourth-order valence-corrected chi connectivity index (χ4v) is 2.37. The van der Waals surface area contributed by atoms with Crippen LogP contribution in [-0.4, -0.2) is 39.8 Å². The fraction of sp³-hybridized carbons (Fsp3) is 0.200. The van der Waals surface area contributed by atoms with Crippen LogP contribution in [0.15, 0.2) is 24.3 Å². The molecular formula is C10H13NaSi. The molecule has 58 valence electrons. The van der Waals surface area contributed by atoms with Gasteiger partial charge < -0.3 is 0 Å². The van der Waals surface area contributed by atoms with Crippen molar-refractivity contribution in [1.82, 2.24) is 0 Å². The van der Waals surface area contributed by atoms with Gasteiger partial charge in [0, 0.05) is 10.2 Å². The molecule has 0 saturated heterocycles. The molecule has 1 aromatic carbocycles. The van der Waals surface area contributed by atoms with Gasteiger partial charge in [-0.2, -0.15) is 0 Å². The third kappa shape index (κ3) is 1.60. The molecule has 0 fully saturated rings. The Hall–Kier alpha value is 0.177. The average molecular weight is 184 g/mol. The van der Waals surface area contributed by atoms with Gasteiger partial charge >= 0.3 is 29.6 Å². The minimum absolute atomic E-state index is 0. The molecule has 0 saturated carbocycles. The second-order valence-electron chi connectivity index (χ2n) is 3.23. The summed E-state index contributed by atoms with van der Waals surface area (Å²) in [6.07, 6.45) is 4.59. The summed E-state index contributed by atoms with van der Waals surface area (Å²) in [6.45, 7) is 2.18. The molecule has 1 aromatic rings. The van der Waals surface area contributed by atoms with Crippen molar-refractivity contribution in [2.24, 2.45) is 0 Å². The molecule has 1 aliphatic rings. The van der Waals surface area contributed by atoms with E-state index in [1.165, 1.54) is 26.9 Å². The first-order chi connectivity index (χ1) is 5.29. The zero-order valence-corrected chi connectivity index (χ0v) is 8.96. The van der Waals surface area contributed by atoms with Crippen LogP contribution in [0.1, 0.15) is 22.2 Å². The predicted octanol–water partition coefficient (Wildman–Crippen LogP) is 0.780. The molecule has 0 aromatic heterocycles. The summed E-state index contributed by atoms with van der Waals surface area (Å²) in [5.41, 5.74) is 5.17. The number of benzene rings is 1. The zero-order chi connectivity index (χ0) is 7.84. The number of aryl methyl sites for hydroxylation is 1. The van der Waals surface area contributed by atoms with Crippen molar-refractivity contribution < 1.29 is 0 Å². The topological polar surface area (TPSA) is 0 Å². The van der Waals surface area contributed by atoms with Crippen LogP contribution < -0.4 is 0 Å². The Labute approximate surface area is 98.8 Å². The van der Waals surface area contributed by atoms with E-state index in [9.17, 15) is 0 Å². The first kappa shape index (κ1) is 10.3. The SMILES string of the molecule is Cc1cccc2c1C=CC2[SiH3].[NaH]. The summed E-state index contributed by atoms with van der Waals surface area (Å²) in [6, 6.07) is 6.59. The number of hydrogen-bond acceptors (Lipinski definition) is 0. The van der Waals surface area contributed by atoms with E-state index >= 15 is 0 Å².